The molecule has 1 rings (SSSR count). The molecule has 1 aromatic carbocycles. The van der Waals surface area contributed by atoms with Gasteiger partial charge in [-0.1, -0.05) is 11.8 Å². The van der Waals surface area contributed by atoms with E-state index < -0.39 is 5.82 Å². The van der Waals surface area contributed by atoms with Crippen molar-refractivity contribution in [1.29, 1.82) is 0 Å². The molecule has 0 spiro atoms. The molecule has 0 radical (unpaired) electrons. The zero-order chi connectivity index (χ0) is 10.4. The number of carbonyl (C=O) groups is 2. The number of aldehydes is 2. The third-order valence-electron chi connectivity index (χ3n) is 1.53. The molecule has 1 aromatic rings. The molecular formula is C11H7FO2. The van der Waals surface area contributed by atoms with E-state index in [1.165, 1.54) is 18.2 Å². The molecule has 0 amide bonds. The lowest BCUT2D eigenvalue weighted by molar-refractivity contribution is -0.107. The number of halogens is 1. The Labute approximate surface area is 80.7 Å². The largest absolute Gasteiger partial charge is 0.302 e. The highest BCUT2D eigenvalue weighted by Gasteiger charge is 1.99. The van der Waals surface area contributed by atoms with Crippen molar-refractivity contribution in [2.45, 2.75) is 6.42 Å². The summed E-state index contributed by atoms with van der Waals surface area (Å²) in [4.78, 5) is 20.3. The van der Waals surface area contributed by atoms with Crippen LogP contribution in [0.1, 0.15) is 22.3 Å². The molecule has 3 heteroatoms. The molecule has 0 aromatic heterocycles. The second kappa shape index (κ2) is 4.93. The van der Waals surface area contributed by atoms with E-state index in [1.54, 1.807) is 0 Å². The summed E-state index contributed by atoms with van der Waals surface area (Å²) in [5.41, 5.74) is 0.498. The van der Waals surface area contributed by atoms with Gasteiger partial charge in [-0.2, -0.15) is 0 Å². The van der Waals surface area contributed by atoms with Crippen LogP contribution in [-0.4, -0.2) is 12.6 Å². The Bertz CT molecular complexity index is 413. The van der Waals surface area contributed by atoms with Crippen LogP contribution in [0.15, 0.2) is 18.2 Å². The Balaban J connectivity index is 3.01. The first-order valence-corrected chi connectivity index (χ1v) is 3.95. The van der Waals surface area contributed by atoms with E-state index in [9.17, 15) is 14.0 Å². The van der Waals surface area contributed by atoms with Gasteiger partial charge in [-0.15, -0.1) is 0 Å². The molecule has 2 nitrogen and oxygen atoms in total. The fraction of sp³-hybridized carbons (Fsp3) is 0.0909. The minimum absolute atomic E-state index is 0.0603. The topological polar surface area (TPSA) is 34.1 Å². The first-order chi connectivity index (χ1) is 6.77. The van der Waals surface area contributed by atoms with Gasteiger partial charge < -0.3 is 4.79 Å². The predicted molar refractivity (Wildman–Crippen MR) is 49.3 cm³/mol. The van der Waals surface area contributed by atoms with E-state index in [4.69, 9.17) is 0 Å². The third kappa shape index (κ3) is 2.53. The zero-order valence-electron chi connectivity index (χ0n) is 7.29. The van der Waals surface area contributed by atoms with Gasteiger partial charge in [0.15, 0.2) is 0 Å². The number of hydrogen-bond donors (Lipinski definition) is 0. The molecule has 0 aliphatic carbocycles. The number of rotatable bonds is 2. The van der Waals surface area contributed by atoms with Gasteiger partial charge in [0.1, 0.15) is 18.4 Å². The van der Waals surface area contributed by atoms with Crippen molar-refractivity contribution < 1.29 is 14.0 Å². The highest BCUT2D eigenvalue weighted by molar-refractivity contribution is 5.75. The Morgan fingerprint density at radius 1 is 1.36 bits per heavy atom. The van der Waals surface area contributed by atoms with Gasteiger partial charge in [0, 0.05) is 5.56 Å². The molecule has 0 heterocycles. The van der Waals surface area contributed by atoms with Gasteiger partial charge in [0.2, 0.25) is 0 Å². The highest BCUT2D eigenvalue weighted by atomic mass is 19.1. The smallest absolute Gasteiger partial charge is 0.150 e. The molecule has 0 fully saturated rings. The van der Waals surface area contributed by atoms with Crippen LogP contribution in [0, 0.1) is 17.7 Å². The molecule has 0 saturated heterocycles. The molecule has 0 aliphatic heterocycles. The van der Waals surface area contributed by atoms with E-state index >= 15 is 0 Å². The highest BCUT2D eigenvalue weighted by Crippen LogP contribution is 2.07. The Morgan fingerprint density at radius 2 is 2.14 bits per heavy atom. The molecule has 0 aliphatic rings. The monoisotopic (exact) mass is 190 g/mol. The first kappa shape index (κ1) is 10.1. The van der Waals surface area contributed by atoms with Crippen molar-refractivity contribution in [2.24, 2.45) is 0 Å². The van der Waals surface area contributed by atoms with Crippen molar-refractivity contribution >= 4 is 12.6 Å². The summed E-state index contributed by atoms with van der Waals surface area (Å²) in [6.45, 7) is 0. The summed E-state index contributed by atoms with van der Waals surface area (Å²) in [7, 11) is 0. The maximum Gasteiger partial charge on any atom is 0.150 e. The maximum atomic E-state index is 13.0. The molecule has 0 atom stereocenters. The van der Waals surface area contributed by atoms with E-state index in [2.05, 4.69) is 11.8 Å². The Morgan fingerprint density at radius 3 is 2.79 bits per heavy atom. The molecular weight excluding hydrogens is 183 g/mol. The maximum absolute atomic E-state index is 13.0. The van der Waals surface area contributed by atoms with Gasteiger partial charge in [-0.25, -0.2) is 4.39 Å². The van der Waals surface area contributed by atoms with Gasteiger partial charge >= 0.3 is 0 Å². The minimum atomic E-state index is -0.492. The van der Waals surface area contributed by atoms with Crippen LogP contribution in [0.4, 0.5) is 4.39 Å². The Kier molecular flexibility index (Phi) is 3.57. The SMILES string of the molecule is O=CCC#Cc1cc(C=O)ccc1F. The van der Waals surface area contributed by atoms with Crippen molar-refractivity contribution in [1.82, 2.24) is 0 Å². The first-order valence-electron chi connectivity index (χ1n) is 3.95. The average Bonchev–Trinajstić information content (AvgIpc) is 2.21. The van der Waals surface area contributed by atoms with Gasteiger partial charge in [-0.3, -0.25) is 4.79 Å². The average molecular weight is 190 g/mol. The summed E-state index contributed by atoms with van der Waals surface area (Å²) < 4.78 is 13.0. The van der Waals surface area contributed by atoms with Crippen molar-refractivity contribution in [3.05, 3.63) is 35.1 Å². The fourth-order valence-corrected chi connectivity index (χ4v) is 0.900. The second-order valence-corrected chi connectivity index (χ2v) is 2.53. The summed E-state index contributed by atoms with van der Waals surface area (Å²) in [6, 6.07) is 3.89. The minimum Gasteiger partial charge on any atom is -0.302 e. The zero-order valence-corrected chi connectivity index (χ0v) is 7.29. The van der Waals surface area contributed by atoms with Gasteiger partial charge in [0.25, 0.3) is 0 Å². The Hall–Kier alpha value is -1.95. The number of carbonyl (C=O) groups excluding carboxylic acids is 2. The normalized spacial score (nSPS) is 8.64. The van der Waals surface area contributed by atoms with Crippen LogP contribution < -0.4 is 0 Å². The second-order valence-electron chi connectivity index (χ2n) is 2.53. The summed E-state index contributed by atoms with van der Waals surface area (Å²) in [6.07, 6.45) is 1.31. The van der Waals surface area contributed by atoms with Gasteiger partial charge in [0.05, 0.1) is 12.0 Å². The van der Waals surface area contributed by atoms with Crippen LogP contribution in [-0.2, 0) is 4.79 Å². The standard InChI is InChI=1S/C11H7FO2/c12-11-5-4-9(8-14)7-10(11)3-1-2-6-13/h4-8H,2H2. The molecule has 0 saturated carbocycles. The lowest BCUT2D eigenvalue weighted by Crippen LogP contribution is -1.87. The molecule has 0 N–H and O–H groups in total. The quantitative estimate of drug-likeness (QED) is 0.524. The number of hydrogen-bond acceptors (Lipinski definition) is 2. The van der Waals surface area contributed by atoms with E-state index in [0.717, 1.165) is 0 Å². The van der Waals surface area contributed by atoms with Crippen LogP contribution in [0.3, 0.4) is 0 Å². The van der Waals surface area contributed by atoms with Crippen LogP contribution in [0.5, 0.6) is 0 Å². The molecule has 70 valence electrons. The van der Waals surface area contributed by atoms with Crippen LogP contribution >= 0.6 is 0 Å². The van der Waals surface area contributed by atoms with E-state index in [-0.39, 0.29) is 12.0 Å². The summed E-state index contributed by atoms with van der Waals surface area (Å²) in [5, 5.41) is 0. The number of benzene rings is 1. The predicted octanol–water partition coefficient (Wildman–Crippen LogP) is 1.58. The summed E-state index contributed by atoms with van der Waals surface area (Å²) >= 11 is 0. The van der Waals surface area contributed by atoms with Gasteiger partial charge in [-0.05, 0) is 18.2 Å². The van der Waals surface area contributed by atoms with Crippen LogP contribution in [0.25, 0.3) is 0 Å². The van der Waals surface area contributed by atoms with E-state index in [1.807, 2.05) is 0 Å². The fourth-order valence-electron chi connectivity index (χ4n) is 0.900. The van der Waals surface area contributed by atoms with E-state index in [0.29, 0.717) is 18.1 Å². The molecule has 14 heavy (non-hydrogen) atoms. The van der Waals surface area contributed by atoms with Crippen molar-refractivity contribution in [3.63, 3.8) is 0 Å². The summed E-state index contributed by atoms with van der Waals surface area (Å²) in [5.74, 6) is 4.45. The van der Waals surface area contributed by atoms with Crippen LogP contribution in [0.2, 0.25) is 0 Å². The third-order valence-corrected chi connectivity index (χ3v) is 1.53. The lowest BCUT2D eigenvalue weighted by atomic mass is 10.1. The van der Waals surface area contributed by atoms with Crippen molar-refractivity contribution in [3.8, 4) is 11.8 Å². The van der Waals surface area contributed by atoms with Crippen molar-refractivity contribution in [2.75, 3.05) is 0 Å². The molecule has 0 unspecified atom stereocenters. The molecule has 0 bridgehead atoms. The lowest BCUT2D eigenvalue weighted by Gasteiger charge is -1.94.